The topological polar surface area (TPSA) is 105 Å². The molecular weight excluding hydrogens is 186 g/mol. The van der Waals surface area contributed by atoms with Gasteiger partial charge < -0.3 is 15.8 Å². The van der Waals surface area contributed by atoms with Crippen LogP contribution in [0.1, 0.15) is 12.8 Å². The van der Waals surface area contributed by atoms with Crippen LogP contribution in [0.4, 0.5) is 0 Å². The van der Waals surface area contributed by atoms with Crippen molar-refractivity contribution >= 4 is 11.8 Å². The van der Waals surface area contributed by atoms with Gasteiger partial charge in [0.15, 0.2) is 0 Å². The molecule has 0 aromatic heterocycles. The highest BCUT2D eigenvalue weighted by Gasteiger charge is 2.16. The summed E-state index contributed by atoms with van der Waals surface area (Å²) < 4.78 is 4.56. The smallest absolute Gasteiger partial charge is 0.246 e. The Morgan fingerprint density at radius 1 is 1.64 bits per heavy atom. The highest BCUT2D eigenvalue weighted by molar-refractivity contribution is 5.86. The number of nitrogens with zero attached hydrogens (tertiary/aromatic N) is 1. The number of primary amides is 1. The van der Waals surface area contributed by atoms with Gasteiger partial charge in [0.1, 0.15) is 12.6 Å². The van der Waals surface area contributed by atoms with Crippen LogP contribution in [0.2, 0.25) is 0 Å². The number of nitrogens with one attached hydrogen (secondary N) is 1. The van der Waals surface area contributed by atoms with Crippen LogP contribution >= 0.6 is 0 Å². The number of methoxy groups -OCH3 is 1. The summed E-state index contributed by atoms with van der Waals surface area (Å²) in [5.41, 5.74) is 5.02. The Balaban J connectivity index is 4.03. The summed E-state index contributed by atoms with van der Waals surface area (Å²) in [6, 6.07) is 1.07. The standard InChI is InChI=1S/C8H13N3O3/c1-14-5-7(12)11-6(8(10)13)3-2-4-9/h6H,2-3,5H2,1H3,(H2,10,13)(H,11,12)/t6-/m0/s1. The molecule has 0 heterocycles. The zero-order valence-corrected chi connectivity index (χ0v) is 7.95. The maximum absolute atomic E-state index is 11.0. The molecule has 0 fully saturated rings. The second-order valence-electron chi connectivity index (χ2n) is 2.65. The SMILES string of the molecule is COCC(=O)N[C@@H](CCC#N)C(N)=O. The van der Waals surface area contributed by atoms with Crippen molar-refractivity contribution in [2.24, 2.45) is 5.73 Å². The Labute approximate surface area is 82.0 Å². The van der Waals surface area contributed by atoms with E-state index in [0.29, 0.717) is 0 Å². The van der Waals surface area contributed by atoms with Gasteiger partial charge in [-0.3, -0.25) is 9.59 Å². The van der Waals surface area contributed by atoms with E-state index in [1.807, 2.05) is 6.07 Å². The third-order valence-electron chi connectivity index (χ3n) is 1.50. The van der Waals surface area contributed by atoms with Gasteiger partial charge in [0.25, 0.3) is 0 Å². The van der Waals surface area contributed by atoms with Gasteiger partial charge in [0, 0.05) is 13.5 Å². The minimum atomic E-state index is -0.794. The first kappa shape index (κ1) is 12.4. The summed E-state index contributed by atoms with van der Waals surface area (Å²) in [7, 11) is 1.37. The molecule has 0 unspecified atom stereocenters. The number of hydrogen-bond donors (Lipinski definition) is 2. The first-order chi connectivity index (χ1) is 6.61. The lowest BCUT2D eigenvalue weighted by atomic mass is 10.1. The number of carbonyl (C=O) groups is 2. The summed E-state index contributed by atoms with van der Waals surface area (Å²) in [5.74, 6) is -1.07. The van der Waals surface area contributed by atoms with E-state index in [-0.39, 0.29) is 19.4 Å². The quantitative estimate of drug-likeness (QED) is 0.566. The predicted molar refractivity (Wildman–Crippen MR) is 47.8 cm³/mol. The maximum Gasteiger partial charge on any atom is 0.246 e. The van der Waals surface area contributed by atoms with Crippen LogP contribution in [-0.2, 0) is 14.3 Å². The lowest BCUT2D eigenvalue weighted by Crippen LogP contribution is -2.45. The molecule has 3 N–H and O–H groups in total. The van der Waals surface area contributed by atoms with Gasteiger partial charge in [-0.05, 0) is 6.42 Å². The molecule has 6 heteroatoms. The molecule has 0 aromatic carbocycles. The molecule has 1 atom stereocenters. The molecule has 0 saturated heterocycles. The van der Waals surface area contributed by atoms with Crippen molar-refractivity contribution in [3.63, 3.8) is 0 Å². The summed E-state index contributed by atoms with van der Waals surface area (Å²) in [5, 5.41) is 10.7. The molecule has 78 valence electrons. The summed E-state index contributed by atoms with van der Waals surface area (Å²) in [6.07, 6.45) is 0.391. The Hall–Kier alpha value is -1.61. The molecule has 14 heavy (non-hydrogen) atoms. The number of nitriles is 1. The Kier molecular flexibility index (Phi) is 6.07. The number of rotatable bonds is 6. The molecule has 2 amide bonds. The highest BCUT2D eigenvalue weighted by Crippen LogP contribution is 1.95. The predicted octanol–water partition coefficient (Wildman–Crippen LogP) is -1.09. The molecule has 0 aliphatic rings. The van der Waals surface area contributed by atoms with E-state index in [1.165, 1.54) is 7.11 Å². The monoisotopic (exact) mass is 199 g/mol. The van der Waals surface area contributed by atoms with E-state index >= 15 is 0 Å². The van der Waals surface area contributed by atoms with Crippen LogP contribution in [-0.4, -0.2) is 31.6 Å². The van der Waals surface area contributed by atoms with Gasteiger partial charge in [-0.25, -0.2) is 0 Å². The fourth-order valence-electron chi connectivity index (χ4n) is 0.862. The van der Waals surface area contributed by atoms with E-state index in [4.69, 9.17) is 11.0 Å². The molecule has 0 saturated carbocycles. The van der Waals surface area contributed by atoms with Crippen molar-refractivity contribution in [1.82, 2.24) is 5.32 Å². The van der Waals surface area contributed by atoms with E-state index in [1.54, 1.807) is 0 Å². The zero-order chi connectivity index (χ0) is 11.0. The third kappa shape index (κ3) is 5.11. The van der Waals surface area contributed by atoms with Crippen LogP contribution < -0.4 is 11.1 Å². The van der Waals surface area contributed by atoms with Crippen molar-refractivity contribution in [2.75, 3.05) is 13.7 Å². The average molecular weight is 199 g/mol. The molecule has 0 radical (unpaired) electrons. The normalized spacial score (nSPS) is 11.4. The van der Waals surface area contributed by atoms with Gasteiger partial charge in [0.2, 0.25) is 11.8 Å². The lowest BCUT2D eigenvalue weighted by molar-refractivity contribution is -0.129. The Morgan fingerprint density at radius 3 is 2.71 bits per heavy atom. The Morgan fingerprint density at radius 2 is 2.29 bits per heavy atom. The van der Waals surface area contributed by atoms with Crippen LogP contribution in [0.25, 0.3) is 0 Å². The summed E-state index contributed by atoms with van der Waals surface area (Å²) in [6.45, 7) is -0.129. The minimum Gasteiger partial charge on any atom is -0.375 e. The van der Waals surface area contributed by atoms with Crippen LogP contribution in [0.15, 0.2) is 0 Å². The largest absolute Gasteiger partial charge is 0.375 e. The summed E-state index contributed by atoms with van der Waals surface area (Å²) in [4.78, 5) is 21.8. The second kappa shape index (κ2) is 6.86. The third-order valence-corrected chi connectivity index (χ3v) is 1.50. The van der Waals surface area contributed by atoms with Crippen molar-refractivity contribution in [2.45, 2.75) is 18.9 Å². The van der Waals surface area contributed by atoms with Crippen molar-refractivity contribution in [3.8, 4) is 6.07 Å². The van der Waals surface area contributed by atoms with E-state index in [9.17, 15) is 9.59 Å². The molecule has 0 aromatic rings. The fraction of sp³-hybridized carbons (Fsp3) is 0.625. The molecule has 0 aliphatic heterocycles. The van der Waals surface area contributed by atoms with Crippen molar-refractivity contribution < 1.29 is 14.3 Å². The fourth-order valence-corrected chi connectivity index (χ4v) is 0.862. The number of nitrogens with two attached hydrogens (primary N) is 1. The maximum atomic E-state index is 11.0. The highest BCUT2D eigenvalue weighted by atomic mass is 16.5. The first-order valence-electron chi connectivity index (χ1n) is 4.06. The van der Waals surface area contributed by atoms with Gasteiger partial charge in [-0.1, -0.05) is 0 Å². The molecular formula is C8H13N3O3. The van der Waals surface area contributed by atoms with Gasteiger partial charge >= 0.3 is 0 Å². The van der Waals surface area contributed by atoms with Crippen LogP contribution in [0, 0.1) is 11.3 Å². The molecule has 6 nitrogen and oxygen atoms in total. The number of hydrogen-bond acceptors (Lipinski definition) is 4. The Bertz CT molecular complexity index is 247. The average Bonchev–Trinajstić information content (AvgIpc) is 2.12. The number of amides is 2. The van der Waals surface area contributed by atoms with E-state index in [0.717, 1.165) is 0 Å². The summed E-state index contributed by atoms with van der Waals surface area (Å²) >= 11 is 0. The van der Waals surface area contributed by atoms with Gasteiger partial charge in [0.05, 0.1) is 6.07 Å². The molecule has 0 bridgehead atoms. The van der Waals surface area contributed by atoms with Crippen LogP contribution in [0.5, 0.6) is 0 Å². The first-order valence-corrected chi connectivity index (χ1v) is 4.06. The van der Waals surface area contributed by atoms with Gasteiger partial charge in [-0.2, -0.15) is 5.26 Å². The van der Waals surface area contributed by atoms with Gasteiger partial charge in [-0.15, -0.1) is 0 Å². The van der Waals surface area contributed by atoms with Crippen molar-refractivity contribution in [1.29, 1.82) is 5.26 Å². The van der Waals surface area contributed by atoms with E-state index in [2.05, 4.69) is 10.1 Å². The lowest BCUT2D eigenvalue weighted by Gasteiger charge is -2.13. The number of carbonyl (C=O) groups excluding carboxylic acids is 2. The molecule has 0 aliphatic carbocycles. The van der Waals surface area contributed by atoms with Crippen molar-refractivity contribution in [3.05, 3.63) is 0 Å². The molecule has 0 spiro atoms. The van der Waals surface area contributed by atoms with E-state index < -0.39 is 17.9 Å². The minimum absolute atomic E-state index is 0.129. The molecule has 0 rings (SSSR count). The van der Waals surface area contributed by atoms with Crippen LogP contribution in [0.3, 0.4) is 0 Å². The second-order valence-corrected chi connectivity index (χ2v) is 2.65. The number of ether oxygens (including phenoxy) is 1. The zero-order valence-electron chi connectivity index (χ0n) is 7.95.